The third-order valence-electron chi connectivity index (χ3n) is 3.53. The number of hydrogen-bond acceptors (Lipinski definition) is 4. The second-order valence-electron chi connectivity index (χ2n) is 5.15. The zero-order chi connectivity index (χ0) is 13.8. The minimum atomic E-state index is 0.757. The second-order valence-corrected chi connectivity index (χ2v) is 5.15. The molecule has 0 atom stereocenters. The van der Waals surface area contributed by atoms with Crippen molar-refractivity contribution in [1.29, 1.82) is 0 Å². The predicted molar refractivity (Wildman–Crippen MR) is 78.6 cm³/mol. The first-order valence-corrected chi connectivity index (χ1v) is 6.83. The number of benzene rings is 1. The Bertz CT molecular complexity index is 430. The van der Waals surface area contributed by atoms with E-state index in [-0.39, 0.29) is 0 Å². The van der Waals surface area contributed by atoms with Gasteiger partial charge in [0.05, 0.1) is 19.9 Å². The summed E-state index contributed by atoms with van der Waals surface area (Å²) in [4.78, 5) is 2.24. The summed E-state index contributed by atoms with van der Waals surface area (Å²) >= 11 is 0. The lowest BCUT2D eigenvalue weighted by molar-refractivity contribution is 0.394. The molecule has 4 nitrogen and oxygen atoms in total. The lowest BCUT2D eigenvalue weighted by Gasteiger charge is -2.24. The Morgan fingerprint density at radius 2 is 2.00 bits per heavy atom. The number of anilines is 1. The van der Waals surface area contributed by atoms with E-state index in [0.29, 0.717) is 0 Å². The van der Waals surface area contributed by atoms with Crippen LogP contribution in [-0.2, 0) is 0 Å². The molecule has 0 radical (unpaired) electrons. The zero-order valence-corrected chi connectivity index (χ0v) is 12.3. The van der Waals surface area contributed by atoms with E-state index < -0.39 is 0 Å². The average Bonchev–Trinajstić information content (AvgIpc) is 3.21. The third-order valence-corrected chi connectivity index (χ3v) is 3.53. The van der Waals surface area contributed by atoms with Crippen molar-refractivity contribution in [3.05, 3.63) is 17.7 Å². The highest BCUT2D eigenvalue weighted by Crippen LogP contribution is 2.35. The summed E-state index contributed by atoms with van der Waals surface area (Å²) in [6.45, 7) is 4.07. The lowest BCUT2D eigenvalue weighted by atomic mass is 10.1. The fraction of sp³-hybridized carbons (Fsp3) is 0.600. The molecule has 0 unspecified atom stereocenters. The SMILES string of the molecule is COc1cc(C)c(N(C)CCNC2CC2)c(OC)c1. The van der Waals surface area contributed by atoms with Crippen LogP contribution in [-0.4, -0.2) is 40.4 Å². The van der Waals surface area contributed by atoms with Crippen LogP contribution in [0, 0.1) is 6.92 Å². The normalized spacial score (nSPS) is 14.3. The number of rotatable bonds is 7. The van der Waals surface area contributed by atoms with Crippen LogP contribution >= 0.6 is 0 Å². The van der Waals surface area contributed by atoms with E-state index in [2.05, 4.69) is 24.2 Å². The summed E-state index contributed by atoms with van der Waals surface area (Å²) in [5, 5.41) is 3.53. The molecule has 0 aliphatic heterocycles. The molecule has 2 rings (SSSR count). The maximum atomic E-state index is 5.49. The molecule has 1 saturated carbocycles. The Hall–Kier alpha value is -1.42. The molecule has 0 amide bonds. The van der Waals surface area contributed by atoms with Gasteiger partial charge in [0, 0.05) is 32.2 Å². The van der Waals surface area contributed by atoms with Crippen LogP contribution in [0.15, 0.2) is 12.1 Å². The number of ether oxygens (including phenoxy) is 2. The molecule has 1 aromatic rings. The first kappa shape index (κ1) is 14.0. The van der Waals surface area contributed by atoms with Gasteiger partial charge >= 0.3 is 0 Å². The largest absolute Gasteiger partial charge is 0.497 e. The summed E-state index contributed by atoms with van der Waals surface area (Å²) in [7, 11) is 5.48. The number of nitrogens with one attached hydrogen (secondary N) is 1. The van der Waals surface area contributed by atoms with E-state index in [1.54, 1.807) is 14.2 Å². The van der Waals surface area contributed by atoms with E-state index >= 15 is 0 Å². The van der Waals surface area contributed by atoms with Gasteiger partial charge in [-0.05, 0) is 31.4 Å². The number of hydrogen-bond donors (Lipinski definition) is 1. The van der Waals surface area contributed by atoms with Gasteiger partial charge in [-0.15, -0.1) is 0 Å². The van der Waals surface area contributed by atoms with Crippen LogP contribution in [0.25, 0.3) is 0 Å². The summed E-state index contributed by atoms with van der Waals surface area (Å²) in [5.41, 5.74) is 2.31. The molecule has 1 N–H and O–H groups in total. The minimum absolute atomic E-state index is 0.757. The molecule has 0 heterocycles. The Kier molecular flexibility index (Phi) is 4.53. The lowest BCUT2D eigenvalue weighted by Crippen LogP contribution is -2.30. The van der Waals surface area contributed by atoms with Crippen LogP contribution in [0.5, 0.6) is 11.5 Å². The molecule has 1 aromatic carbocycles. The second kappa shape index (κ2) is 6.15. The molecule has 0 bridgehead atoms. The average molecular weight is 264 g/mol. The Morgan fingerprint density at radius 3 is 2.58 bits per heavy atom. The highest BCUT2D eigenvalue weighted by atomic mass is 16.5. The van der Waals surface area contributed by atoms with Gasteiger partial charge in [0.25, 0.3) is 0 Å². The molecule has 1 fully saturated rings. The Labute approximate surface area is 115 Å². The molecule has 1 aliphatic carbocycles. The highest BCUT2D eigenvalue weighted by Gasteiger charge is 2.20. The van der Waals surface area contributed by atoms with Crippen LogP contribution in [0.2, 0.25) is 0 Å². The smallest absolute Gasteiger partial charge is 0.146 e. The van der Waals surface area contributed by atoms with Crippen molar-refractivity contribution < 1.29 is 9.47 Å². The molecule has 0 aromatic heterocycles. The number of nitrogens with zero attached hydrogens (tertiary/aromatic N) is 1. The van der Waals surface area contributed by atoms with Crippen molar-refractivity contribution >= 4 is 5.69 Å². The van der Waals surface area contributed by atoms with Gasteiger partial charge < -0.3 is 19.7 Å². The van der Waals surface area contributed by atoms with Crippen molar-refractivity contribution in [2.75, 3.05) is 39.3 Å². The van der Waals surface area contributed by atoms with E-state index in [9.17, 15) is 0 Å². The van der Waals surface area contributed by atoms with Gasteiger partial charge in [-0.1, -0.05) is 0 Å². The fourth-order valence-corrected chi connectivity index (χ4v) is 2.31. The standard InChI is InChI=1S/C15H24N2O2/c1-11-9-13(18-3)10-14(19-4)15(11)17(2)8-7-16-12-5-6-12/h9-10,12,16H,5-8H2,1-4H3. The van der Waals surface area contributed by atoms with Crippen molar-refractivity contribution in [1.82, 2.24) is 5.32 Å². The number of methoxy groups -OCH3 is 2. The molecule has 0 spiro atoms. The molecule has 4 heteroatoms. The van der Waals surface area contributed by atoms with Gasteiger partial charge in [-0.2, -0.15) is 0 Å². The molecule has 106 valence electrons. The fourth-order valence-electron chi connectivity index (χ4n) is 2.31. The molecular formula is C15H24N2O2. The summed E-state index contributed by atoms with van der Waals surface area (Å²) in [6, 6.07) is 4.74. The van der Waals surface area contributed by atoms with Crippen LogP contribution in [0.4, 0.5) is 5.69 Å². The molecular weight excluding hydrogens is 240 g/mol. The van der Waals surface area contributed by atoms with E-state index in [0.717, 1.165) is 36.3 Å². The summed E-state index contributed by atoms with van der Waals surface area (Å²) < 4.78 is 10.8. The minimum Gasteiger partial charge on any atom is -0.497 e. The Balaban J connectivity index is 2.07. The highest BCUT2D eigenvalue weighted by molar-refractivity contribution is 5.65. The van der Waals surface area contributed by atoms with E-state index in [4.69, 9.17) is 9.47 Å². The van der Waals surface area contributed by atoms with Crippen molar-refractivity contribution in [3.63, 3.8) is 0 Å². The first-order chi connectivity index (χ1) is 9.15. The van der Waals surface area contributed by atoms with Crippen molar-refractivity contribution in [2.24, 2.45) is 0 Å². The van der Waals surface area contributed by atoms with Crippen LogP contribution < -0.4 is 19.7 Å². The monoisotopic (exact) mass is 264 g/mol. The Morgan fingerprint density at radius 1 is 1.26 bits per heavy atom. The number of likely N-dealkylation sites (N-methyl/N-ethyl adjacent to an activating group) is 1. The van der Waals surface area contributed by atoms with Gasteiger partial charge in [-0.25, -0.2) is 0 Å². The molecule has 19 heavy (non-hydrogen) atoms. The van der Waals surface area contributed by atoms with Crippen LogP contribution in [0.1, 0.15) is 18.4 Å². The van der Waals surface area contributed by atoms with Crippen molar-refractivity contribution in [3.8, 4) is 11.5 Å². The first-order valence-electron chi connectivity index (χ1n) is 6.83. The quantitative estimate of drug-likeness (QED) is 0.818. The van der Waals surface area contributed by atoms with Gasteiger partial charge in [0.2, 0.25) is 0 Å². The summed E-state index contributed by atoms with van der Waals surface area (Å²) in [6.07, 6.45) is 2.66. The topological polar surface area (TPSA) is 33.7 Å². The summed E-state index contributed by atoms with van der Waals surface area (Å²) in [5.74, 6) is 1.70. The number of aryl methyl sites for hydroxylation is 1. The van der Waals surface area contributed by atoms with Crippen molar-refractivity contribution in [2.45, 2.75) is 25.8 Å². The molecule has 0 saturated heterocycles. The van der Waals surface area contributed by atoms with Gasteiger partial charge in [0.15, 0.2) is 0 Å². The zero-order valence-electron chi connectivity index (χ0n) is 12.3. The maximum absolute atomic E-state index is 5.49. The van der Waals surface area contributed by atoms with E-state index in [1.807, 2.05) is 12.1 Å². The van der Waals surface area contributed by atoms with E-state index in [1.165, 1.54) is 18.4 Å². The van der Waals surface area contributed by atoms with Crippen LogP contribution in [0.3, 0.4) is 0 Å². The van der Waals surface area contributed by atoms with Gasteiger partial charge in [0.1, 0.15) is 11.5 Å². The maximum Gasteiger partial charge on any atom is 0.146 e. The predicted octanol–water partition coefficient (Wildman–Crippen LogP) is 2.20. The third kappa shape index (κ3) is 3.53. The molecule has 1 aliphatic rings. The van der Waals surface area contributed by atoms with Gasteiger partial charge in [-0.3, -0.25) is 0 Å².